The van der Waals surface area contributed by atoms with Crippen LogP contribution in [0, 0.1) is 0 Å². The minimum absolute atomic E-state index is 0.285. The molecule has 0 amide bonds. The topological polar surface area (TPSA) is 34.0 Å². The molecular weight excluding hydrogens is 260 g/mol. The Morgan fingerprint density at radius 1 is 0.952 bits per heavy atom. The molecule has 0 spiro atoms. The zero-order valence-electron chi connectivity index (χ0n) is 11.4. The van der Waals surface area contributed by atoms with Crippen molar-refractivity contribution in [2.45, 2.75) is 6.04 Å². The third kappa shape index (κ3) is 1.86. The second-order valence-electron chi connectivity index (χ2n) is 5.16. The molecule has 1 aromatic heterocycles. The van der Waals surface area contributed by atoms with E-state index in [1.807, 2.05) is 42.6 Å². The van der Waals surface area contributed by atoms with E-state index in [-0.39, 0.29) is 6.04 Å². The molecule has 2 aromatic carbocycles. The first kappa shape index (κ1) is 12.0. The fraction of sp³-hybridized carbons (Fsp3) is 0.0556. The molecule has 1 aliphatic rings. The third-order valence-electron chi connectivity index (χ3n) is 3.92. The Morgan fingerprint density at radius 3 is 2.62 bits per heavy atom. The van der Waals surface area contributed by atoms with Crippen LogP contribution in [0.2, 0.25) is 0 Å². The largest absolute Gasteiger partial charge is 0.358 e. The number of hydrogen-bond acceptors (Lipinski definition) is 2. The van der Waals surface area contributed by atoms with Gasteiger partial charge in [0.05, 0.1) is 5.69 Å². The fourth-order valence-electron chi connectivity index (χ4n) is 2.88. The molecule has 0 saturated heterocycles. The second kappa shape index (κ2) is 4.63. The minimum Gasteiger partial charge on any atom is -0.358 e. The predicted molar refractivity (Wildman–Crippen MR) is 83.6 cm³/mol. The van der Waals surface area contributed by atoms with Gasteiger partial charge in [0.2, 0.25) is 0 Å². The molecule has 3 aromatic rings. The van der Waals surface area contributed by atoms with Crippen LogP contribution in [0.25, 0.3) is 16.8 Å². The van der Waals surface area contributed by atoms with Crippen LogP contribution in [-0.4, -0.2) is 10.9 Å². The highest BCUT2D eigenvalue weighted by atomic mass is 16.1. The van der Waals surface area contributed by atoms with Crippen molar-refractivity contribution in [1.82, 2.24) is 4.57 Å². The molecule has 21 heavy (non-hydrogen) atoms. The number of rotatable bonds is 2. The van der Waals surface area contributed by atoms with E-state index in [4.69, 9.17) is 0 Å². The van der Waals surface area contributed by atoms with E-state index in [1.54, 1.807) is 0 Å². The number of aldehydes is 1. The van der Waals surface area contributed by atoms with E-state index in [2.05, 4.69) is 34.1 Å². The molecule has 1 N–H and O–H groups in total. The quantitative estimate of drug-likeness (QED) is 0.721. The Hall–Kier alpha value is -2.81. The molecule has 0 fully saturated rings. The Morgan fingerprint density at radius 2 is 1.81 bits per heavy atom. The van der Waals surface area contributed by atoms with Crippen molar-refractivity contribution >= 4 is 12.1 Å². The molecule has 0 bridgehead atoms. The monoisotopic (exact) mass is 274 g/mol. The number of fused-ring (bicyclic) bond motifs is 3. The van der Waals surface area contributed by atoms with Crippen LogP contribution in [0.3, 0.4) is 0 Å². The summed E-state index contributed by atoms with van der Waals surface area (Å²) in [6.07, 6.45) is 2.97. The van der Waals surface area contributed by atoms with E-state index in [0.717, 1.165) is 28.9 Å². The summed E-state index contributed by atoms with van der Waals surface area (Å²) in [7, 11) is 0. The third-order valence-corrected chi connectivity index (χ3v) is 3.92. The van der Waals surface area contributed by atoms with E-state index in [9.17, 15) is 4.79 Å². The van der Waals surface area contributed by atoms with E-state index >= 15 is 0 Å². The van der Waals surface area contributed by atoms with Crippen molar-refractivity contribution in [3.63, 3.8) is 0 Å². The summed E-state index contributed by atoms with van der Waals surface area (Å²) in [5, 5.41) is 3.24. The van der Waals surface area contributed by atoms with Crippen molar-refractivity contribution < 1.29 is 4.79 Å². The lowest BCUT2D eigenvalue weighted by Gasteiger charge is -2.26. The Balaban J connectivity index is 1.92. The Labute approximate surface area is 122 Å². The van der Waals surface area contributed by atoms with Gasteiger partial charge in [-0.05, 0) is 29.3 Å². The smallest absolute Gasteiger partial charge is 0.146 e. The van der Waals surface area contributed by atoms with Gasteiger partial charge in [-0.25, -0.2) is 0 Å². The first-order valence-corrected chi connectivity index (χ1v) is 6.96. The van der Waals surface area contributed by atoms with E-state index in [0.29, 0.717) is 0 Å². The van der Waals surface area contributed by atoms with Gasteiger partial charge in [-0.2, -0.15) is 0 Å². The zero-order valence-corrected chi connectivity index (χ0v) is 11.4. The van der Waals surface area contributed by atoms with Crippen LogP contribution >= 0.6 is 0 Å². The van der Waals surface area contributed by atoms with Gasteiger partial charge in [0, 0.05) is 11.8 Å². The lowest BCUT2D eigenvalue weighted by Crippen LogP contribution is -2.21. The van der Waals surface area contributed by atoms with Crippen LogP contribution < -0.4 is 5.32 Å². The molecule has 0 radical (unpaired) electrons. The highest BCUT2D eigenvalue weighted by Crippen LogP contribution is 2.35. The highest BCUT2D eigenvalue weighted by molar-refractivity contribution is 5.77. The maximum Gasteiger partial charge on any atom is 0.146 e. The summed E-state index contributed by atoms with van der Waals surface area (Å²) in [4.78, 5) is 11.3. The number of benzene rings is 2. The van der Waals surface area contributed by atoms with Crippen LogP contribution in [0.15, 0.2) is 66.9 Å². The fourth-order valence-corrected chi connectivity index (χ4v) is 2.88. The van der Waals surface area contributed by atoms with Gasteiger partial charge < -0.3 is 14.7 Å². The summed E-state index contributed by atoms with van der Waals surface area (Å²) >= 11 is 0. The standard InChI is InChI=1S/C18H14N2O/c21-12-16-15-9-8-14(13-5-2-1-3-6-13)11-17(15)20-10-4-7-18(20)19-16/h1-12,16,19H. The van der Waals surface area contributed by atoms with Gasteiger partial charge in [0.1, 0.15) is 18.1 Å². The van der Waals surface area contributed by atoms with Crippen molar-refractivity contribution in [2.24, 2.45) is 0 Å². The van der Waals surface area contributed by atoms with Crippen LogP contribution in [0.1, 0.15) is 11.6 Å². The maximum absolute atomic E-state index is 11.3. The average molecular weight is 274 g/mol. The van der Waals surface area contributed by atoms with Crippen LogP contribution in [0.5, 0.6) is 0 Å². The molecule has 1 unspecified atom stereocenters. The number of nitrogens with one attached hydrogen (secondary N) is 1. The normalized spacial score (nSPS) is 15.7. The van der Waals surface area contributed by atoms with Crippen LogP contribution in [-0.2, 0) is 4.79 Å². The maximum atomic E-state index is 11.3. The van der Waals surface area contributed by atoms with Gasteiger partial charge in [-0.15, -0.1) is 0 Å². The van der Waals surface area contributed by atoms with Crippen LogP contribution in [0.4, 0.5) is 5.82 Å². The van der Waals surface area contributed by atoms with Crippen molar-refractivity contribution in [2.75, 3.05) is 5.32 Å². The second-order valence-corrected chi connectivity index (χ2v) is 5.16. The van der Waals surface area contributed by atoms with Gasteiger partial charge in [-0.1, -0.05) is 42.5 Å². The molecule has 0 aliphatic carbocycles. The zero-order chi connectivity index (χ0) is 14.2. The van der Waals surface area contributed by atoms with Gasteiger partial charge in [0.25, 0.3) is 0 Å². The minimum atomic E-state index is -0.285. The molecule has 2 heterocycles. The Bertz CT molecular complexity index is 805. The molecule has 102 valence electrons. The Kier molecular flexibility index (Phi) is 2.64. The molecule has 1 atom stereocenters. The predicted octanol–water partition coefficient (Wildman–Crippen LogP) is 3.81. The van der Waals surface area contributed by atoms with Crippen molar-refractivity contribution in [3.8, 4) is 16.8 Å². The molecule has 4 rings (SSSR count). The SMILES string of the molecule is O=CC1Nc2cccn2-c2cc(-c3ccccc3)ccc21. The van der Waals surface area contributed by atoms with Gasteiger partial charge in [0.15, 0.2) is 0 Å². The molecule has 3 nitrogen and oxygen atoms in total. The summed E-state index contributed by atoms with van der Waals surface area (Å²) in [5.41, 5.74) is 4.40. The first-order chi connectivity index (χ1) is 10.4. The highest BCUT2D eigenvalue weighted by Gasteiger charge is 2.23. The van der Waals surface area contributed by atoms with Gasteiger partial charge in [-0.3, -0.25) is 0 Å². The number of carbonyl (C=O) groups excluding carboxylic acids is 1. The molecule has 3 heteroatoms. The molecule has 0 saturated carbocycles. The summed E-state index contributed by atoms with van der Waals surface area (Å²) in [5.74, 6) is 0.949. The number of nitrogens with zero attached hydrogens (tertiary/aromatic N) is 1. The number of anilines is 1. The summed E-state index contributed by atoms with van der Waals surface area (Å²) < 4.78 is 2.09. The lowest BCUT2D eigenvalue weighted by molar-refractivity contribution is -0.108. The first-order valence-electron chi connectivity index (χ1n) is 6.96. The van der Waals surface area contributed by atoms with E-state index in [1.165, 1.54) is 5.56 Å². The summed E-state index contributed by atoms with van der Waals surface area (Å²) in [6, 6.07) is 20.2. The molecular formula is C18H14N2O. The average Bonchev–Trinajstić information content (AvgIpc) is 3.03. The van der Waals surface area contributed by atoms with Gasteiger partial charge >= 0.3 is 0 Å². The number of aromatic nitrogens is 1. The number of hydrogen-bond donors (Lipinski definition) is 1. The van der Waals surface area contributed by atoms with E-state index < -0.39 is 0 Å². The number of carbonyl (C=O) groups is 1. The van der Waals surface area contributed by atoms with Crippen molar-refractivity contribution in [1.29, 1.82) is 0 Å². The lowest BCUT2D eigenvalue weighted by atomic mass is 9.97. The molecule has 1 aliphatic heterocycles. The van der Waals surface area contributed by atoms with Crippen molar-refractivity contribution in [3.05, 3.63) is 72.4 Å². The summed E-state index contributed by atoms with van der Waals surface area (Å²) in [6.45, 7) is 0.